The highest BCUT2D eigenvalue weighted by Gasteiger charge is 2.23. The first-order valence-electron chi connectivity index (χ1n) is 5.90. The van der Waals surface area contributed by atoms with E-state index in [9.17, 15) is 9.59 Å². The molecule has 0 aliphatic carbocycles. The molecule has 1 atom stereocenters. The van der Waals surface area contributed by atoms with Crippen molar-refractivity contribution in [2.24, 2.45) is 5.10 Å². The van der Waals surface area contributed by atoms with Crippen LogP contribution in [0.1, 0.15) is 25.7 Å². The van der Waals surface area contributed by atoms with Crippen LogP contribution in [0.4, 0.5) is 0 Å². The van der Waals surface area contributed by atoms with Crippen LogP contribution in [0.2, 0.25) is 0 Å². The summed E-state index contributed by atoms with van der Waals surface area (Å²) in [6.07, 6.45) is 2.94. The average molecular weight is 239 g/mol. The fourth-order valence-electron chi connectivity index (χ4n) is 1.95. The molecule has 2 amide bonds. The van der Waals surface area contributed by atoms with Gasteiger partial charge in [0.05, 0.1) is 6.10 Å². The SMILES string of the molecule is CN1N=C(C(=O)NC[C@H]2CCCO2)CCC1=O. The second-order valence-electron chi connectivity index (χ2n) is 4.31. The third-order valence-electron chi connectivity index (χ3n) is 2.98. The number of rotatable bonds is 3. The molecule has 0 aromatic carbocycles. The van der Waals surface area contributed by atoms with E-state index in [1.54, 1.807) is 7.05 Å². The lowest BCUT2D eigenvalue weighted by atomic mass is 10.1. The van der Waals surface area contributed by atoms with E-state index in [0.717, 1.165) is 19.4 Å². The lowest BCUT2D eigenvalue weighted by Crippen LogP contribution is -2.40. The monoisotopic (exact) mass is 239 g/mol. The average Bonchev–Trinajstić information content (AvgIpc) is 2.82. The fourth-order valence-corrected chi connectivity index (χ4v) is 1.95. The molecule has 6 nitrogen and oxygen atoms in total. The fraction of sp³-hybridized carbons (Fsp3) is 0.727. The molecule has 0 saturated carbocycles. The van der Waals surface area contributed by atoms with E-state index in [1.165, 1.54) is 5.01 Å². The summed E-state index contributed by atoms with van der Waals surface area (Å²) in [7, 11) is 1.56. The number of hydrogen-bond acceptors (Lipinski definition) is 4. The van der Waals surface area contributed by atoms with Crippen molar-refractivity contribution >= 4 is 17.5 Å². The van der Waals surface area contributed by atoms with Crippen LogP contribution >= 0.6 is 0 Å². The number of carbonyl (C=O) groups is 2. The third kappa shape index (κ3) is 3.03. The molecule has 2 rings (SSSR count). The van der Waals surface area contributed by atoms with Crippen molar-refractivity contribution < 1.29 is 14.3 Å². The van der Waals surface area contributed by atoms with Crippen LogP contribution in [0.15, 0.2) is 5.10 Å². The topological polar surface area (TPSA) is 71.0 Å². The standard InChI is InChI=1S/C11H17N3O3/c1-14-10(15)5-4-9(13-14)11(16)12-7-8-3-2-6-17-8/h8H,2-7H2,1H3,(H,12,16)/t8-/m1/s1. The van der Waals surface area contributed by atoms with E-state index in [0.29, 0.717) is 25.1 Å². The Morgan fingerprint density at radius 2 is 2.41 bits per heavy atom. The number of amides is 2. The van der Waals surface area contributed by atoms with Gasteiger partial charge in [0.15, 0.2) is 0 Å². The summed E-state index contributed by atoms with van der Waals surface area (Å²) in [5, 5.41) is 7.98. The molecule has 0 unspecified atom stereocenters. The largest absolute Gasteiger partial charge is 0.376 e. The molecule has 0 aromatic heterocycles. The summed E-state index contributed by atoms with van der Waals surface area (Å²) in [4.78, 5) is 23.0. The van der Waals surface area contributed by atoms with E-state index in [1.807, 2.05) is 0 Å². The number of carbonyl (C=O) groups excluding carboxylic acids is 2. The van der Waals surface area contributed by atoms with Crippen LogP contribution in [0, 0.1) is 0 Å². The van der Waals surface area contributed by atoms with Gasteiger partial charge >= 0.3 is 0 Å². The number of ether oxygens (including phenoxy) is 1. The predicted octanol–water partition coefficient (Wildman–Crippen LogP) is -0.110. The van der Waals surface area contributed by atoms with Crippen LogP contribution in [-0.4, -0.2) is 48.8 Å². The van der Waals surface area contributed by atoms with E-state index >= 15 is 0 Å². The second kappa shape index (κ2) is 5.27. The number of hydrazone groups is 1. The first-order valence-corrected chi connectivity index (χ1v) is 5.90. The summed E-state index contributed by atoms with van der Waals surface area (Å²) < 4.78 is 5.41. The summed E-state index contributed by atoms with van der Waals surface area (Å²) in [5.41, 5.74) is 0.421. The van der Waals surface area contributed by atoms with Gasteiger partial charge in [-0.3, -0.25) is 9.59 Å². The molecule has 2 aliphatic rings. The van der Waals surface area contributed by atoms with Crippen LogP contribution in [0.3, 0.4) is 0 Å². The second-order valence-corrected chi connectivity index (χ2v) is 4.31. The molecule has 2 heterocycles. The minimum atomic E-state index is -0.195. The zero-order valence-corrected chi connectivity index (χ0v) is 9.94. The molecule has 0 radical (unpaired) electrons. The van der Waals surface area contributed by atoms with Gasteiger partial charge in [-0.25, -0.2) is 5.01 Å². The van der Waals surface area contributed by atoms with Gasteiger partial charge in [0, 0.05) is 33.0 Å². The Bertz CT molecular complexity index is 348. The van der Waals surface area contributed by atoms with Gasteiger partial charge in [-0.1, -0.05) is 0 Å². The molecule has 17 heavy (non-hydrogen) atoms. The smallest absolute Gasteiger partial charge is 0.267 e. The number of nitrogens with zero attached hydrogens (tertiary/aromatic N) is 2. The van der Waals surface area contributed by atoms with Crippen molar-refractivity contribution in [1.29, 1.82) is 0 Å². The molecule has 2 aliphatic heterocycles. The Hall–Kier alpha value is -1.43. The zero-order chi connectivity index (χ0) is 12.3. The lowest BCUT2D eigenvalue weighted by Gasteiger charge is -2.19. The summed E-state index contributed by atoms with van der Waals surface area (Å²) in [6, 6.07) is 0. The highest BCUT2D eigenvalue weighted by molar-refractivity contribution is 6.39. The molecule has 1 fully saturated rings. The van der Waals surface area contributed by atoms with E-state index in [2.05, 4.69) is 10.4 Å². The lowest BCUT2D eigenvalue weighted by molar-refractivity contribution is -0.130. The first-order chi connectivity index (χ1) is 8.16. The zero-order valence-electron chi connectivity index (χ0n) is 9.94. The van der Waals surface area contributed by atoms with Gasteiger partial charge in [0.2, 0.25) is 5.91 Å². The number of hydrogen-bond donors (Lipinski definition) is 1. The Kier molecular flexibility index (Phi) is 3.73. The molecule has 1 N–H and O–H groups in total. The minimum absolute atomic E-state index is 0.0549. The normalized spacial score (nSPS) is 24.8. The van der Waals surface area contributed by atoms with Gasteiger partial charge < -0.3 is 10.1 Å². The maximum atomic E-state index is 11.8. The first kappa shape index (κ1) is 12.0. The molecule has 0 aromatic rings. The van der Waals surface area contributed by atoms with Gasteiger partial charge in [0.25, 0.3) is 5.91 Å². The summed E-state index contributed by atoms with van der Waals surface area (Å²) in [5.74, 6) is -0.250. The van der Waals surface area contributed by atoms with Crippen molar-refractivity contribution in [3.05, 3.63) is 0 Å². The Morgan fingerprint density at radius 1 is 1.59 bits per heavy atom. The van der Waals surface area contributed by atoms with Crippen molar-refractivity contribution in [3.8, 4) is 0 Å². The van der Waals surface area contributed by atoms with Crippen molar-refractivity contribution in [2.45, 2.75) is 31.8 Å². The summed E-state index contributed by atoms with van der Waals surface area (Å²) in [6.45, 7) is 1.30. The maximum absolute atomic E-state index is 11.8. The quantitative estimate of drug-likeness (QED) is 0.747. The highest BCUT2D eigenvalue weighted by Crippen LogP contribution is 2.11. The van der Waals surface area contributed by atoms with Gasteiger partial charge in [-0.05, 0) is 12.8 Å². The Morgan fingerprint density at radius 3 is 3.06 bits per heavy atom. The Balaban J connectivity index is 1.83. The molecule has 0 bridgehead atoms. The van der Waals surface area contributed by atoms with E-state index < -0.39 is 0 Å². The van der Waals surface area contributed by atoms with Crippen molar-refractivity contribution in [3.63, 3.8) is 0 Å². The molecular formula is C11H17N3O3. The molecule has 94 valence electrons. The third-order valence-corrected chi connectivity index (χ3v) is 2.98. The molecule has 1 saturated heterocycles. The maximum Gasteiger partial charge on any atom is 0.267 e. The van der Waals surface area contributed by atoms with Crippen molar-refractivity contribution in [2.75, 3.05) is 20.2 Å². The minimum Gasteiger partial charge on any atom is -0.376 e. The van der Waals surface area contributed by atoms with Crippen LogP contribution in [0.5, 0.6) is 0 Å². The van der Waals surface area contributed by atoms with Crippen LogP contribution in [0.25, 0.3) is 0 Å². The van der Waals surface area contributed by atoms with Gasteiger partial charge in [-0.2, -0.15) is 5.10 Å². The van der Waals surface area contributed by atoms with E-state index in [4.69, 9.17) is 4.74 Å². The van der Waals surface area contributed by atoms with Crippen LogP contribution in [-0.2, 0) is 14.3 Å². The number of nitrogens with one attached hydrogen (secondary N) is 1. The summed E-state index contributed by atoms with van der Waals surface area (Å²) >= 11 is 0. The molecule has 0 spiro atoms. The predicted molar refractivity (Wildman–Crippen MR) is 61.4 cm³/mol. The van der Waals surface area contributed by atoms with Gasteiger partial charge in [0.1, 0.15) is 5.71 Å². The molecular weight excluding hydrogens is 222 g/mol. The van der Waals surface area contributed by atoms with Crippen molar-refractivity contribution in [1.82, 2.24) is 10.3 Å². The van der Waals surface area contributed by atoms with Gasteiger partial charge in [-0.15, -0.1) is 0 Å². The van der Waals surface area contributed by atoms with E-state index in [-0.39, 0.29) is 17.9 Å². The Labute approximate surface area is 100.0 Å². The highest BCUT2D eigenvalue weighted by atomic mass is 16.5. The van der Waals surface area contributed by atoms with Crippen LogP contribution < -0.4 is 5.32 Å². The molecule has 6 heteroatoms.